The van der Waals surface area contributed by atoms with E-state index in [0.29, 0.717) is 15.7 Å². The molecule has 2 aromatic rings. The Morgan fingerprint density at radius 2 is 1.93 bits per heavy atom. The van der Waals surface area contributed by atoms with Crippen molar-refractivity contribution in [2.75, 3.05) is 5.32 Å². The van der Waals surface area contributed by atoms with Crippen molar-refractivity contribution in [1.29, 1.82) is 5.26 Å². The van der Waals surface area contributed by atoms with E-state index in [0.717, 1.165) is 18.4 Å². The molecular formula is C22H21Cl2N3O. The van der Waals surface area contributed by atoms with Crippen molar-refractivity contribution in [3.8, 4) is 6.07 Å². The Balaban J connectivity index is 1.69. The summed E-state index contributed by atoms with van der Waals surface area (Å²) in [6.07, 6.45) is 5.98. The number of halogens is 2. The first-order chi connectivity index (χ1) is 13.5. The number of nitrogens with zero attached hydrogens (tertiary/aromatic N) is 1. The number of nitrogens with one attached hydrogen (secondary N) is 2. The van der Waals surface area contributed by atoms with E-state index in [1.807, 2.05) is 13.0 Å². The van der Waals surface area contributed by atoms with Crippen LogP contribution in [0.15, 0.2) is 48.2 Å². The van der Waals surface area contributed by atoms with Crippen LogP contribution in [0, 0.1) is 11.3 Å². The largest absolute Gasteiger partial charge is 0.359 e. The van der Waals surface area contributed by atoms with Crippen LogP contribution < -0.4 is 10.6 Å². The number of benzene rings is 2. The summed E-state index contributed by atoms with van der Waals surface area (Å²) in [6.45, 7) is 1.92. The molecule has 0 saturated carbocycles. The number of aryl methyl sites for hydroxylation is 2. The molecule has 0 bridgehead atoms. The monoisotopic (exact) mass is 413 g/mol. The minimum atomic E-state index is -0.446. The minimum absolute atomic E-state index is 0.0409. The third-order valence-corrected chi connectivity index (χ3v) is 5.73. The van der Waals surface area contributed by atoms with Gasteiger partial charge in [0, 0.05) is 6.20 Å². The van der Waals surface area contributed by atoms with Gasteiger partial charge in [0.05, 0.1) is 21.8 Å². The molecule has 1 atom stereocenters. The molecule has 0 radical (unpaired) electrons. The molecule has 0 saturated heterocycles. The molecule has 0 spiro atoms. The second-order valence-electron chi connectivity index (χ2n) is 6.85. The fraction of sp³-hybridized carbons (Fsp3) is 0.273. The first-order valence-corrected chi connectivity index (χ1v) is 9.98. The number of carbonyl (C=O) groups is 1. The first-order valence-electron chi connectivity index (χ1n) is 9.23. The van der Waals surface area contributed by atoms with Crippen LogP contribution in [0.1, 0.15) is 42.5 Å². The number of rotatable bonds is 5. The van der Waals surface area contributed by atoms with Gasteiger partial charge in [-0.3, -0.25) is 4.79 Å². The number of anilines is 1. The van der Waals surface area contributed by atoms with Crippen LogP contribution in [0.3, 0.4) is 0 Å². The van der Waals surface area contributed by atoms with Gasteiger partial charge in [0.25, 0.3) is 5.91 Å². The molecule has 0 aliphatic heterocycles. The Morgan fingerprint density at radius 1 is 1.18 bits per heavy atom. The van der Waals surface area contributed by atoms with Gasteiger partial charge in [-0.05, 0) is 61.4 Å². The average molecular weight is 414 g/mol. The van der Waals surface area contributed by atoms with Crippen molar-refractivity contribution in [2.45, 2.75) is 38.6 Å². The van der Waals surface area contributed by atoms with Gasteiger partial charge < -0.3 is 10.6 Å². The molecule has 6 heteroatoms. The molecule has 0 fully saturated rings. The second-order valence-corrected chi connectivity index (χ2v) is 7.63. The molecule has 144 valence electrons. The molecule has 2 aromatic carbocycles. The summed E-state index contributed by atoms with van der Waals surface area (Å²) in [5.74, 6) is -0.446. The summed E-state index contributed by atoms with van der Waals surface area (Å²) < 4.78 is 0. The van der Waals surface area contributed by atoms with Crippen molar-refractivity contribution >= 4 is 34.8 Å². The smallest absolute Gasteiger partial charge is 0.263 e. The van der Waals surface area contributed by atoms with Crippen LogP contribution in [-0.2, 0) is 17.6 Å². The van der Waals surface area contributed by atoms with E-state index in [-0.39, 0.29) is 11.6 Å². The normalized spacial score (nSPS) is 14.6. The first kappa shape index (κ1) is 20.3. The van der Waals surface area contributed by atoms with Gasteiger partial charge in [0.1, 0.15) is 11.6 Å². The zero-order chi connectivity index (χ0) is 20.1. The van der Waals surface area contributed by atoms with Gasteiger partial charge in [0.2, 0.25) is 0 Å². The van der Waals surface area contributed by atoms with E-state index < -0.39 is 5.91 Å². The fourth-order valence-corrected chi connectivity index (χ4v) is 3.65. The molecule has 1 aliphatic carbocycles. The Labute approximate surface area is 175 Å². The van der Waals surface area contributed by atoms with Crippen molar-refractivity contribution in [2.24, 2.45) is 0 Å². The Morgan fingerprint density at radius 3 is 2.68 bits per heavy atom. The Hall–Kier alpha value is -2.48. The summed E-state index contributed by atoms with van der Waals surface area (Å²) in [7, 11) is 0. The molecule has 2 N–H and O–H groups in total. The van der Waals surface area contributed by atoms with Crippen LogP contribution in [0.2, 0.25) is 10.0 Å². The lowest BCUT2D eigenvalue weighted by Crippen LogP contribution is -2.28. The van der Waals surface area contributed by atoms with Crippen molar-refractivity contribution in [3.63, 3.8) is 0 Å². The van der Waals surface area contributed by atoms with E-state index in [1.54, 1.807) is 18.2 Å². The highest BCUT2D eigenvalue weighted by Gasteiger charge is 2.16. The number of hydrogen-bond donors (Lipinski definition) is 2. The number of hydrogen-bond acceptors (Lipinski definition) is 3. The van der Waals surface area contributed by atoms with Crippen LogP contribution in [-0.4, -0.2) is 5.91 Å². The van der Waals surface area contributed by atoms with Crippen LogP contribution in [0.25, 0.3) is 0 Å². The summed E-state index contributed by atoms with van der Waals surface area (Å²) in [5.41, 5.74) is 4.28. The lowest BCUT2D eigenvalue weighted by atomic mass is 9.89. The zero-order valence-electron chi connectivity index (χ0n) is 15.6. The van der Waals surface area contributed by atoms with Crippen LogP contribution in [0.4, 0.5) is 5.69 Å². The Bertz CT molecular complexity index is 963. The maximum atomic E-state index is 12.5. The predicted molar refractivity (Wildman–Crippen MR) is 113 cm³/mol. The van der Waals surface area contributed by atoms with E-state index in [4.69, 9.17) is 23.2 Å². The SMILES string of the molecule is CC(NC(=O)/C(C#N)=C\Nc1cccc(Cl)c1Cl)c1ccc2c(c1)CCCC2. The van der Waals surface area contributed by atoms with Gasteiger partial charge in [-0.2, -0.15) is 5.26 Å². The second kappa shape index (κ2) is 9.14. The van der Waals surface area contributed by atoms with Gasteiger partial charge in [-0.15, -0.1) is 0 Å². The van der Waals surface area contributed by atoms with E-state index in [9.17, 15) is 10.1 Å². The van der Waals surface area contributed by atoms with Crippen LogP contribution in [0.5, 0.6) is 0 Å². The molecule has 1 aliphatic rings. The molecular weight excluding hydrogens is 393 g/mol. The molecule has 0 aromatic heterocycles. The molecule has 4 nitrogen and oxygen atoms in total. The molecule has 1 unspecified atom stereocenters. The average Bonchev–Trinajstić information content (AvgIpc) is 2.71. The van der Waals surface area contributed by atoms with Crippen LogP contribution >= 0.6 is 23.2 Å². The minimum Gasteiger partial charge on any atom is -0.359 e. The summed E-state index contributed by atoms with van der Waals surface area (Å²) in [6, 6.07) is 13.2. The van der Waals surface area contributed by atoms with Gasteiger partial charge in [0.15, 0.2) is 0 Å². The molecule has 1 amide bonds. The highest BCUT2D eigenvalue weighted by Crippen LogP contribution is 2.29. The molecule has 28 heavy (non-hydrogen) atoms. The lowest BCUT2D eigenvalue weighted by molar-refractivity contribution is -0.117. The number of amides is 1. The lowest BCUT2D eigenvalue weighted by Gasteiger charge is -2.20. The highest BCUT2D eigenvalue weighted by molar-refractivity contribution is 6.43. The molecule has 3 rings (SSSR count). The third kappa shape index (κ3) is 4.67. The fourth-order valence-electron chi connectivity index (χ4n) is 3.29. The third-order valence-electron chi connectivity index (χ3n) is 4.91. The van der Waals surface area contributed by atoms with Crippen molar-refractivity contribution in [3.05, 3.63) is 74.9 Å². The summed E-state index contributed by atoms with van der Waals surface area (Å²) >= 11 is 12.1. The standard InChI is InChI=1S/C22H21Cl2N3O/c1-14(16-10-9-15-5-2-3-6-17(15)11-16)27-22(28)18(12-25)13-26-20-8-4-7-19(23)21(20)24/h4,7-11,13-14,26H,2-3,5-6H2,1H3,(H,27,28)/b18-13-. The zero-order valence-corrected chi connectivity index (χ0v) is 17.1. The number of fused-ring (bicyclic) bond motifs is 1. The van der Waals surface area contributed by atoms with Gasteiger partial charge in [-0.1, -0.05) is 47.5 Å². The predicted octanol–water partition coefficient (Wildman–Crippen LogP) is 5.57. The highest BCUT2D eigenvalue weighted by atomic mass is 35.5. The Kier molecular flexibility index (Phi) is 6.61. The molecule has 0 heterocycles. The van der Waals surface area contributed by atoms with Crippen molar-refractivity contribution in [1.82, 2.24) is 5.32 Å². The number of nitriles is 1. The van der Waals surface area contributed by atoms with E-state index in [2.05, 4.69) is 28.8 Å². The van der Waals surface area contributed by atoms with Crippen molar-refractivity contribution < 1.29 is 4.79 Å². The quantitative estimate of drug-likeness (QED) is 0.497. The summed E-state index contributed by atoms with van der Waals surface area (Å²) in [4.78, 5) is 12.5. The van der Waals surface area contributed by atoms with E-state index in [1.165, 1.54) is 30.2 Å². The maximum Gasteiger partial charge on any atom is 0.263 e. The van der Waals surface area contributed by atoms with Gasteiger partial charge in [-0.25, -0.2) is 0 Å². The number of carbonyl (C=O) groups excluding carboxylic acids is 1. The maximum absolute atomic E-state index is 12.5. The topological polar surface area (TPSA) is 64.9 Å². The summed E-state index contributed by atoms with van der Waals surface area (Å²) in [5, 5.41) is 15.9. The van der Waals surface area contributed by atoms with E-state index >= 15 is 0 Å². The van der Waals surface area contributed by atoms with Gasteiger partial charge >= 0.3 is 0 Å².